The van der Waals surface area contributed by atoms with E-state index in [1.165, 1.54) is 11.2 Å². The lowest BCUT2D eigenvalue weighted by Crippen LogP contribution is -2.54. The van der Waals surface area contributed by atoms with Gasteiger partial charge in [0.1, 0.15) is 36.5 Å². The van der Waals surface area contributed by atoms with Crippen molar-refractivity contribution in [3.05, 3.63) is 66.8 Å². The van der Waals surface area contributed by atoms with Gasteiger partial charge < -0.3 is 54.4 Å². The van der Waals surface area contributed by atoms with Crippen molar-refractivity contribution in [2.24, 2.45) is 5.92 Å². The van der Waals surface area contributed by atoms with E-state index < -0.39 is 24.0 Å². The highest BCUT2D eigenvalue weighted by molar-refractivity contribution is 5.88. The number of piperazine rings is 1. The molecular weight excluding hydrogens is 809 g/mol. The van der Waals surface area contributed by atoms with E-state index in [0.717, 1.165) is 82.6 Å². The number of nitrogens with two attached hydrogens (primary N) is 1. The number of fused-ring (bicyclic) bond motifs is 2. The third-order valence-electron chi connectivity index (χ3n) is 13.4. The zero-order valence-corrected chi connectivity index (χ0v) is 35.9. The average molecular weight is 867 g/mol. The predicted octanol–water partition coefficient (Wildman–Crippen LogP) is 4.53. The summed E-state index contributed by atoms with van der Waals surface area (Å²) in [4.78, 5) is 38.2. The first-order valence-corrected chi connectivity index (χ1v) is 22.3. The van der Waals surface area contributed by atoms with Gasteiger partial charge in [0.25, 0.3) is 0 Å². The number of phenols is 1. The van der Waals surface area contributed by atoms with Crippen molar-refractivity contribution < 1.29 is 43.5 Å². The van der Waals surface area contributed by atoms with E-state index in [4.69, 9.17) is 24.4 Å². The topological polar surface area (TPSA) is 213 Å². The number of phenolic OH excluding ortho intramolecular Hbond substituents is 1. The van der Waals surface area contributed by atoms with Gasteiger partial charge in [-0.2, -0.15) is 0 Å². The number of anilines is 3. The Morgan fingerprint density at radius 2 is 1.70 bits per heavy atom. The van der Waals surface area contributed by atoms with Crippen LogP contribution < -0.4 is 25.0 Å². The number of aliphatic hydroxyl groups excluding tert-OH is 1. The van der Waals surface area contributed by atoms with Gasteiger partial charge in [-0.1, -0.05) is 26.0 Å². The van der Waals surface area contributed by atoms with Gasteiger partial charge in [-0.25, -0.2) is 9.78 Å². The zero-order valence-electron chi connectivity index (χ0n) is 35.9. The number of aliphatic carboxylic acids is 1. The molecule has 1 amide bonds. The number of ether oxygens (including phenoxy) is 3. The molecule has 17 nitrogen and oxygen atoms in total. The standard InChI is InChI=1S/C46H58N8O9/c1-27(2)43(45(57)53-25-31(55)18-39(53)46(58)59)41-21-35(26-61-41)60-16-15-51-13-10-32(11-14-51)62-33-19-34(20-33)63-42-17-28(9-12-48-42)54-29-7-8-30(54)24-52(23-29)38-22-37(49-50-44(38)47)36-5-3-4-6-40(36)56/h3-6,9,12,17,21-22,26-27,29-34,39,43,55-56H,7-8,10-11,13-16,18-20,23-25H2,1-2H3,(H2,47,50)(H,58,59)/t29?,30?,31-,33-,34-,39+,43-/m1/s1. The largest absolute Gasteiger partial charge is 0.507 e. The van der Waals surface area contributed by atoms with Gasteiger partial charge in [-0.15, -0.1) is 10.2 Å². The van der Waals surface area contributed by atoms with Crippen molar-refractivity contribution in [1.82, 2.24) is 25.0 Å². The number of aromatic nitrogens is 3. The molecule has 17 heteroatoms. The Labute approximate surface area is 366 Å². The molecule has 336 valence electrons. The lowest BCUT2D eigenvalue weighted by Gasteiger charge is -2.43. The summed E-state index contributed by atoms with van der Waals surface area (Å²) in [5, 5.41) is 38.6. The number of carboxylic acid groups (broad SMARTS) is 1. The number of carboxylic acids is 1. The Bertz CT molecular complexity index is 2230. The second kappa shape index (κ2) is 18.2. The molecule has 1 aliphatic carbocycles. The van der Waals surface area contributed by atoms with Crippen LogP contribution in [-0.4, -0.2) is 141 Å². The summed E-state index contributed by atoms with van der Waals surface area (Å²) < 4.78 is 24.7. The Hall–Kier alpha value is -5.65. The molecular formula is C46H58N8O9. The van der Waals surface area contributed by atoms with E-state index in [9.17, 15) is 24.9 Å². The first-order valence-electron chi connectivity index (χ1n) is 22.3. The molecule has 1 aromatic carbocycles. The van der Waals surface area contributed by atoms with Gasteiger partial charge in [0, 0.05) is 100 Å². The number of hydrogen-bond acceptors (Lipinski definition) is 15. The minimum Gasteiger partial charge on any atom is -0.507 e. The van der Waals surface area contributed by atoms with E-state index in [1.54, 1.807) is 18.2 Å². The van der Waals surface area contributed by atoms with Gasteiger partial charge in [0.2, 0.25) is 11.8 Å². The molecule has 3 aromatic heterocycles. The van der Waals surface area contributed by atoms with Crippen LogP contribution in [-0.2, 0) is 14.3 Å². The first-order chi connectivity index (χ1) is 30.5. The molecule has 2 unspecified atom stereocenters. The second-order valence-electron chi connectivity index (χ2n) is 18.1. The molecule has 5 aliphatic rings. The van der Waals surface area contributed by atoms with Gasteiger partial charge in [0.05, 0.1) is 35.6 Å². The second-order valence-corrected chi connectivity index (χ2v) is 18.1. The van der Waals surface area contributed by atoms with Crippen molar-refractivity contribution in [2.75, 3.05) is 61.4 Å². The number of benzene rings is 1. The minimum absolute atomic E-state index is 0.00850. The van der Waals surface area contributed by atoms with E-state index in [-0.39, 0.29) is 48.9 Å². The fourth-order valence-electron chi connectivity index (χ4n) is 10.1. The van der Waals surface area contributed by atoms with E-state index in [0.29, 0.717) is 53.2 Å². The van der Waals surface area contributed by atoms with Crippen molar-refractivity contribution in [1.29, 1.82) is 0 Å². The molecule has 9 rings (SSSR count). The molecule has 1 saturated carbocycles. The average Bonchev–Trinajstić information content (AvgIpc) is 3.96. The van der Waals surface area contributed by atoms with Crippen LogP contribution in [0.25, 0.3) is 11.3 Å². The quantitative estimate of drug-likeness (QED) is 0.129. The smallest absolute Gasteiger partial charge is 0.326 e. The number of rotatable bonds is 15. The third-order valence-corrected chi connectivity index (χ3v) is 13.4. The summed E-state index contributed by atoms with van der Waals surface area (Å²) in [7, 11) is 0. The number of furan rings is 1. The Kier molecular flexibility index (Phi) is 12.3. The lowest BCUT2D eigenvalue weighted by atomic mass is 9.91. The molecule has 4 aliphatic heterocycles. The SMILES string of the molecule is CC(C)[C@@H](C(=O)N1C[C@H](O)C[C@H]1C(=O)O)c1cc(OCCN2CCC(O[C@H]3C[C@H](Oc4cc(N5C6CCC5CN(c5cc(-c7ccccc7O)nnc5N)C6)ccn4)C3)CC2)co1. The van der Waals surface area contributed by atoms with Crippen LogP contribution in [0.3, 0.4) is 0 Å². The molecule has 0 spiro atoms. The zero-order chi connectivity index (χ0) is 43.8. The summed E-state index contributed by atoms with van der Waals surface area (Å²) in [6, 6.07) is 14.5. The maximum atomic E-state index is 13.5. The van der Waals surface area contributed by atoms with Gasteiger partial charge >= 0.3 is 5.97 Å². The Balaban J connectivity index is 0.697. The van der Waals surface area contributed by atoms with Crippen molar-refractivity contribution >= 4 is 29.1 Å². The van der Waals surface area contributed by atoms with Crippen molar-refractivity contribution in [3.63, 3.8) is 0 Å². The highest BCUT2D eigenvalue weighted by Gasteiger charge is 2.44. The van der Waals surface area contributed by atoms with Gasteiger partial charge in [-0.3, -0.25) is 9.69 Å². The summed E-state index contributed by atoms with van der Waals surface area (Å²) in [5.74, 6) is -0.192. The molecule has 0 radical (unpaired) electrons. The van der Waals surface area contributed by atoms with E-state index in [1.807, 2.05) is 38.2 Å². The molecule has 4 aromatic rings. The fourth-order valence-corrected chi connectivity index (χ4v) is 10.1. The highest BCUT2D eigenvalue weighted by atomic mass is 16.5. The van der Waals surface area contributed by atoms with Gasteiger partial charge in [0.15, 0.2) is 11.6 Å². The monoisotopic (exact) mass is 866 g/mol. The molecule has 5 atom stereocenters. The van der Waals surface area contributed by atoms with Crippen LogP contribution in [0.1, 0.15) is 70.5 Å². The summed E-state index contributed by atoms with van der Waals surface area (Å²) >= 11 is 0. The normalized spacial score (nSPS) is 25.6. The number of nitrogens with zero attached hydrogens (tertiary/aromatic N) is 7. The minimum atomic E-state index is -1.12. The molecule has 5 fully saturated rings. The van der Waals surface area contributed by atoms with E-state index in [2.05, 4.69) is 42.0 Å². The molecule has 5 N–H and O–H groups in total. The summed E-state index contributed by atoms with van der Waals surface area (Å²) in [6.45, 7) is 8.38. The molecule has 7 heterocycles. The number of β-amino-alcohol motifs (C(OH)–C–C–N with tert-alkyl or cyclic N) is 1. The summed E-state index contributed by atoms with van der Waals surface area (Å²) in [5.41, 5.74) is 9.54. The highest BCUT2D eigenvalue weighted by Crippen LogP contribution is 2.40. The number of likely N-dealkylation sites (tertiary alicyclic amines) is 2. The number of para-hydroxylation sites is 1. The molecule has 4 saturated heterocycles. The number of carbonyl (C=O) groups excluding carboxylic acids is 1. The number of pyridine rings is 1. The maximum absolute atomic E-state index is 13.5. The fraction of sp³-hybridized carbons (Fsp3) is 0.543. The first kappa shape index (κ1) is 42.6. The lowest BCUT2D eigenvalue weighted by molar-refractivity contribution is -0.149. The van der Waals surface area contributed by atoms with Crippen molar-refractivity contribution in [3.8, 4) is 28.6 Å². The number of aliphatic hydroxyl groups is 1. The van der Waals surface area contributed by atoms with Crippen LogP contribution >= 0.6 is 0 Å². The van der Waals surface area contributed by atoms with Crippen molar-refractivity contribution in [2.45, 2.75) is 107 Å². The third kappa shape index (κ3) is 9.22. The van der Waals surface area contributed by atoms with Crippen LogP contribution in [0.15, 0.2) is 65.4 Å². The predicted molar refractivity (Wildman–Crippen MR) is 233 cm³/mol. The van der Waals surface area contributed by atoms with Gasteiger partial charge in [-0.05, 0) is 55.9 Å². The molecule has 2 bridgehead atoms. The molecule has 63 heavy (non-hydrogen) atoms. The number of amides is 1. The summed E-state index contributed by atoms with van der Waals surface area (Å²) in [6.07, 6.45) is 8.64. The van der Waals surface area contributed by atoms with Crippen LogP contribution in [0.5, 0.6) is 17.4 Å². The van der Waals surface area contributed by atoms with E-state index >= 15 is 0 Å². The van der Waals surface area contributed by atoms with Crippen LogP contribution in [0.2, 0.25) is 0 Å². The number of carbonyl (C=O) groups is 2. The number of nitrogen functional groups attached to an aromatic ring is 1. The van der Waals surface area contributed by atoms with Crippen LogP contribution in [0.4, 0.5) is 17.2 Å². The maximum Gasteiger partial charge on any atom is 0.326 e. The number of hydrogen-bond donors (Lipinski definition) is 4. The Morgan fingerprint density at radius 3 is 2.43 bits per heavy atom. The number of piperidine rings is 1. The van der Waals surface area contributed by atoms with Crippen LogP contribution in [0, 0.1) is 5.92 Å². The number of aromatic hydroxyl groups is 1. The Morgan fingerprint density at radius 1 is 0.937 bits per heavy atom.